The summed E-state index contributed by atoms with van der Waals surface area (Å²) in [7, 11) is 0. The molecule has 1 rings (SSSR count). The van der Waals surface area contributed by atoms with E-state index in [1.165, 1.54) is 289 Å². The summed E-state index contributed by atoms with van der Waals surface area (Å²) in [4.78, 5) is 13.1. The second kappa shape index (κ2) is 57.2. The predicted octanol–water partition coefficient (Wildman–Crippen LogP) is 17.9. The van der Waals surface area contributed by atoms with Crippen molar-refractivity contribution >= 4 is 5.91 Å². The minimum absolute atomic E-state index is 0.132. The maximum absolute atomic E-state index is 13.1. The summed E-state index contributed by atoms with van der Waals surface area (Å²) in [6.07, 6.45) is 65.6. The number of carbonyl (C=O) groups excluding carboxylic acids is 1. The Morgan fingerprint density at radius 1 is 0.434 bits per heavy atom. The molecule has 0 aromatic heterocycles. The highest BCUT2D eigenvalue weighted by molar-refractivity contribution is 5.76. The lowest BCUT2D eigenvalue weighted by Crippen LogP contribution is -2.60. The van der Waals surface area contributed by atoms with Gasteiger partial charge < -0.3 is 40.3 Å². The van der Waals surface area contributed by atoms with E-state index in [-0.39, 0.29) is 12.5 Å². The second-order valence-corrected chi connectivity index (χ2v) is 24.0. The fourth-order valence-corrected chi connectivity index (χ4v) is 11.3. The van der Waals surface area contributed by atoms with Crippen LogP contribution in [0.1, 0.15) is 354 Å². The van der Waals surface area contributed by atoms with E-state index in [1.54, 1.807) is 0 Å². The van der Waals surface area contributed by atoms with E-state index >= 15 is 0 Å². The van der Waals surface area contributed by atoms with Crippen LogP contribution in [0.5, 0.6) is 0 Å². The molecule has 1 aliphatic rings. The van der Waals surface area contributed by atoms with Crippen molar-refractivity contribution in [1.82, 2.24) is 5.32 Å². The van der Waals surface area contributed by atoms with Crippen LogP contribution < -0.4 is 5.32 Å². The number of rotatable bonds is 60. The first kappa shape index (κ1) is 72.9. The molecular weight excluding hydrogens is 947 g/mol. The van der Waals surface area contributed by atoms with Crippen molar-refractivity contribution in [2.24, 2.45) is 0 Å². The van der Waals surface area contributed by atoms with Crippen molar-refractivity contribution < 1.29 is 39.8 Å². The molecule has 76 heavy (non-hydrogen) atoms. The fourth-order valence-electron chi connectivity index (χ4n) is 11.3. The largest absolute Gasteiger partial charge is 0.394 e. The number of unbranched alkanes of at least 4 members (excludes halogenated alkanes) is 48. The number of hydrogen-bond acceptors (Lipinski definition) is 8. The Labute approximate surface area is 471 Å². The lowest BCUT2D eigenvalue weighted by molar-refractivity contribution is -0.302. The summed E-state index contributed by atoms with van der Waals surface area (Å²) in [5.41, 5.74) is 0. The maximum Gasteiger partial charge on any atom is 0.220 e. The fraction of sp³-hybridized carbons (Fsp3) is 0.955. The molecule has 1 saturated heterocycles. The van der Waals surface area contributed by atoms with E-state index in [9.17, 15) is 30.3 Å². The van der Waals surface area contributed by atoms with Crippen molar-refractivity contribution in [2.45, 2.75) is 397 Å². The maximum atomic E-state index is 13.1. The lowest BCUT2D eigenvalue weighted by Gasteiger charge is -2.40. The van der Waals surface area contributed by atoms with Gasteiger partial charge in [-0.05, 0) is 38.5 Å². The number of nitrogens with one attached hydrogen (secondary N) is 1. The van der Waals surface area contributed by atoms with Gasteiger partial charge in [-0.3, -0.25) is 4.79 Å². The van der Waals surface area contributed by atoms with Gasteiger partial charge in [0.2, 0.25) is 5.91 Å². The third-order valence-electron chi connectivity index (χ3n) is 16.6. The van der Waals surface area contributed by atoms with Gasteiger partial charge in [0, 0.05) is 6.42 Å². The first-order valence-corrected chi connectivity index (χ1v) is 33.9. The second-order valence-electron chi connectivity index (χ2n) is 24.0. The number of ether oxygens (including phenoxy) is 2. The molecule has 0 aromatic carbocycles. The van der Waals surface area contributed by atoms with Gasteiger partial charge in [0.05, 0.1) is 25.4 Å². The molecule has 9 nitrogen and oxygen atoms in total. The lowest BCUT2D eigenvalue weighted by atomic mass is 9.99. The Balaban J connectivity index is 2.08. The minimum Gasteiger partial charge on any atom is -0.394 e. The Morgan fingerprint density at radius 3 is 1.07 bits per heavy atom. The van der Waals surface area contributed by atoms with Gasteiger partial charge in [-0.25, -0.2) is 0 Å². The van der Waals surface area contributed by atoms with Crippen LogP contribution in [0.25, 0.3) is 0 Å². The monoisotopic (exact) mass is 1080 g/mol. The smallest absolute Gasteiger partial charge is 0.220 e. The van der Waals surface area contributed by atoms with Gasteiger partial charge in [0.1, 0.15) is 24.4 Å². The van der Waals surface area contributed by atoms with Gasteiger partial charge in [-0.2, -0.15) is 0 Å². The van der Waals surface area contributed by atoms with Gasteiger partial charge in [-0.15, -0.1) is 0 Å². The predicted molar refractivity (Wildman–Crippen MR) is 323 cm³/mol. The van der Waals surface area contributed by atoms with Crippen molar-refractivity contribution in [1.29, 1.82) is 0 Å². The van der Waals surface area contributed by atoms with Crippen LogP contribution in [0, 0.1) is 0 Å². The summed E-state index contributed by atoms with van der Waals surface area (Å²) in [6, 6.07) is -0.716. The zero-order chi connectivity index (χ0) is 55.0. The molecule has 9 heteroatoms. The Hall–Kier alpha value is -1.07. The topological polar surface area (TPSA) is 149 Å². The third-order valence-corrected chi connectivity index (χ3v) is 16.6. The van der Waals surface area contributed by atoms with Crippen molar-refractivity contribution in [3.63, 3.8) is 0 Å². The average Bonchev–Trinajstić information content (AvgIpc) is 3.42. The quantitative estimate of drug-likeness (QED) is 0.0261. The van der Waals surface area contributed by atoms with Gasteiger partial charge in [0.15, 0.2) is 6.29 Å². The van der Waals surface area contributed by atoms with Crippen LogP contribution in [0.4, 0.5) is 0 Å². The Morgan fingerprint density at radius 2 is 0.737 bits per heavy atom. The van der Waals surface area contributed by atoms with E-state index in [0.717, 1.165) is 38.5 Å². The molecule has 0 aromatic rings. The van der Waals surface area contributed by atoms with Crippen molar-refractivity contribution in [3.8, 4) is 0 Å². The molecule has 1 heterocycles. The first-order valence-electron chi connectivity index (χ1n) is 33.9. The molecule has 7 atom stereocenters. The summed E-state index contributed by atoms with van der Waals surface area (Å²) in [5.74, 6) is -0.135. The van der Waals surface area contributed by atoms with Crippen LogP contribution in [-0.4, -0.2) is 87.5 Å². The minimum atomic E-state index is -1.55. The van der Waals surface area contributed by atoms with Gasteiger partial charge in [0.25, 0.3) is 0 Å². The molecule has 0 aliphatic carbocycles. The number of aliphatic hydroxyl groups excluding tert-OH is 5. The highest BCUT2D eigenvalue weighted by atomic mass is 16.7. The van der Waals surface area contributed by atoms with Crippen LogP contribution >= 0.6 is 0 Å². The number of amides is 1. The molecule has 1 amide bonds. The first-order chi connectivity index (χ1) is 37.3. The zero-order valence-electron chi connectivity index (χ0n) is 50.5. The molecular formula is C67H131NO8. The summed E-state index contributed by atoms with van der Waals surface area (Å²) in [6.45, 7) is 3.89. The van der Waals surface area contributed by atoms with Crippen LogP contribution in [0.2, 0.25) is 0 Å². The summed E-state index contributed by atoms with van der Waals surface area (Å²) < 4.78 is 11.4. The average molecular weight is 1080 g/mol. The molecule has 0 spiro atoms. The van der Waals surface area contributed by atoms with Crippen LogP contribution in [0.3, 0.4) is 0 Å². The van der Waals surface area contributed by atoms with E-state index in [2.05, 4.69) is 31.3 Å². The van der Waals surface area contributed by atoms with Crippen molar-refractivity contribution in [3.05, 3.63) is 12.2 Å². The molecule has 6 N–H and O–H groups in total. The molecule has 0 bridgehead atoms. The molecule has 1 fully saturated rings. The van der Waals surface area contributed by atoms with Crippen LogP contribution in [0.15, 0.2) is 12.2 Å². The van der Waals surface area contributed by atoms with Gasteiger partial charge >= 0.3 is 0 Å². The number of aliphatic hydroxyl groups is 5. The normalized spacial score (nSPS) is 18.8. The van der Waals surface area contributed by atoms with E-state index < -0.39 is 49.5 Å². The number of hydrogen-bond donors (Lipinski definition) is 6. The van der Waals surface area contributed by atoms with Crippen molar-refractivity contribution in [2.75, 3.05) is 13.2 Å². The SMILES string of the molecule is CCCCCCCCCC/C=C\CCCCCCCCCCCCCCCCCCCCCCCC(=O)NC(COC1OC(CO)C(O)C(O)C1O)C(O)CCCCCCCCCCCCCCCCCCCCCC. The third kappa shape index (κ3) is 45.6. The van der Waals surface area contributed by atoms with E-state index in [0.29, 0.717) is 12.8 Å². The molecule has 0 radical (unpaired) electrons. The molecule has 0 saturated carbocycles. The van der Waals surface area contributed by atoms with Gasteiger partial charge in [-0.1, -0.05) is 321 Å². The number of allylic oxidation sites excluding steroid dienone is 2. The Kier molecular flexibility index (Phi) is 54.9. The van der Waals surface area contributed by atoms with E-state index in [1.807, 2.05) is 0 Å². The highest BCUT2D eigenvalue weighted by Crippen LogP contribution is 2.24. The van der Waals surface area contributed by atoms with Crippen LogP contribution in [-0.2, 0) is 14.3 Å². The van der Waals surface area contributed by atoms with E-state index in [4.69, 9.17) is 9.47 Å². The summed E-state index contributed by atoms with van der Waals surface area (Å²) >= 11 is 0. The summed E-state index contributed by atoms with van der Waals surface area (Å²) in [5, 5.41) is 54.9. The Bertz CT molecular complexity index is 1200. The zero-order valence-corrected chi connectivity index (χ0v) is 50.5. The molecule has 452 valence electrons. The number of carbonyl (C=O) groups is 1. The standard InChI is InChI=1S/C67H131NO8/c1-3-5-7-9-11-13-15-17-19-21-23-25-26-27-28-29-30-31-32-33-34-35-36-37-39-41-43-45-47-49-51-53-55-57-63(71)68-60(59-75-67-66(74)65(73)64(72)62(58-69)76-67)61(70)56-54-52-50-48-46-44-42-40-38-24-22-20-18-16-14-12-10-8-6-4-2/h21,23,60-62,64-67,69-70,72-74H,3-20,22,24-59H2,1-2H3,(H,68,71)/b23-21-. The molecule has 7 unspecified atom stereocenters. The molecule has 1 aliphatic heterocycles. The highest BCUT2D eigenvalue weighted by Gasteiger charge is 2.44.